The first-order valence-electron chi connectivity index (χ1n) is 2.70. The molecule has 0 fully saturated rings. The van der Waals surface area contributed by atoms with Gasteiger partial charge in [-0.25, -0.2) is 17.2 Å². The van der Waals surface area contributed by atoms with Crippen LogP contribution in [0.1, 0.15) is 0 Å². The van der Waals surface area contributed by atoms with Gasteiger partial charge in [-0.1, -0.05) is 0 Å². The number of rotatable bonds is 1. The molecule has 0 unspecified atom stereocenters. The van der Waals surface area contributed by atoms with Gasteiger partial charge in [0.05, 0.1) is 0 Å². The van der Waals surface area contributed by atoms with Crippen molar-refractivity contribution < 1.29 is 17.2 Å². The van der Waals surface area contributed by atoms with E-state index >= 15 is 0 Å². The first-order chi connectivity index (χ1) is 5.11. The van der Waals surface area contributed by atoms with Crippen LogP contribution in [0, 0.1) is 11.6 Å². The van der Waals surface area contributed by atoms with E-state index in [0.29, 0.717) is 6.07 Å². The molecule has 0 saturated carbocycles. The Labute approximate surface area is 63.4 Å². The lowest BCUT2D eigenvalue weighted by molar-refractivity contribution is 0.561. The van der Waals surface area contributed by atoms with Crippen molar-refractivity contribution >= 4 is 10.7 Å². The van der Waals surface area contributed by atoms with E-state index in [0.717, 1.165) is 12.1 Å². The van der Waals surface area contributed by atoms with Crippen molar-refractivity contribution in [2.45, 2.75) is 4.90 Å². The lowest BCUT2D eigenvalue weighted by Gasteiger charge is -1.92. The van der Waals surface area contributed by atoms with Crippen LogP contribution in [0.4, 0.5) is 8.78 Å². The zero-order valence-corrected chi connectivity index (χ0v) is 6.15. The smallest absolute Gasteiger partial charge is 0.171 e. The van der Waals surface area contributed by atoms with Crippen LogP contribution < -0.4 is 0 Å². The highest BCUT2D eigenvalue weighted by atomic mass is 32.2. The Hall–Kier alpha value is -0.970. The summed E-state index contributed by atoms with van der Waals surface area (Å²) in [5, 5.41) is 0. The molecule has 0 aliphatic carbocycles. The minimum Gasteiger partial charge on any atom is -0.227 e. The summed E-state index contributed by atoms with van der Waals surface area (Å²) in [6.07, 6.45) is 0. The summed E-state index contributed by atoms with van der Waals surface area (Å²) in [4.78, 5) is -0.611. The predicted molar refractivity (Wildman–Crippen MR) is 34.9 cm³/mol. The standard InChI is InChI=1S/C6H4F2O2S/c7-4-1-2-5(8)6(3-4)11(9)10/h1-3,11H. The van der Waals surface area contributed by atoms with Gasteiger partial charge in [0, 0.05) is 0 Å². The van der Waals surface area contributed by atoms with Crippen LogP contribution in [0.5, 0.6) is 0 Å². The van der Waals surface area contributed by atoms with Gasteiger partial charge in [0.25, 0.3) is 0 Å². The van der Waals surface area contributed by atoms with Crippen LogP contribution in [0.2, 0.25) is 0 Å². The molecule has 1 rings (SSSR count). The summed E-state index contributed by atoms with van der Waals surface area (Å²) < 4.78 is 45.2. The fourth-order valence-corrected chi connectivity index (χ4v) is 1.10. The van der Waals surface area contributed by atoms with Crippen LogP contribution in [-0.2, 0) is 10.7 Å². The second-order valence-electron chi connectivity index (χ2n) is 1.85. The number of thiol groups is 1. The lowest BCUT2D eigenvalue weighted by atomic mass is 10.3. The molecule has 11 heavy (non-hydrogen) atoms. The second kappa shape index (κ2) is 2.96. The minimum atomic E-state index is -3.05. The molecule has 0 N–H and O–H groups in total. The Kier molecular flexibility index (Phi) is 2.19. The van der Waals surface area contributed by atoms with Gasteiger partial charge in [0.2, 0.25) is 0 Å². The normalized spacial score (nSPS) is 10.5. The van der Waals surface area contributed by atoms with Crippen LogP contribution >= 0.6 is 0 Å². The summed E-state index contributed by atoms with van der Waals surface area (Å²) in [5.41, 5.74) is 0. The molecule has 0 radical (unpaired) electrons. The highest BCUT2D eigenvalue weighted by molar-refractivity contribution is 7.72. The van der Waals surface area contributed by atoms with E-state index in [4.69, 9.17) is 0 Å². The van der Waals surface area contributed by atoms with Gasteiger partial charge in [0.15, 0.2) is 10.7 Å². The van der Waals surface area contributed by atoms with Crippen molar-refractivity contribution in [2.24, 2.45) is 0 Å². The maximum Gasteiger partial charge on any atom is 0.171 e. The summed E-state index contributed by atoms with van der Waals surface area (Å²) >= 11 is 0. The van der Waals surface area contributed by atoms with Crippen molar-refractivity contribution in [1.29, 1.82) is 0 Å². The average molecular weight is 178 g/mol. The van der Waals surface area contributed by atoms with Crippen molar-refractivity contribution in [3.8, 4) is 0 Å². The quantitative estimate of drug-likeness (QED) is 0.649. The average Bonchev–Trinajstić information content (AvgIpc) is 1.94. The lowest BCUT2D eigenvalue weighted by Crippen LogP contribution is -1.88. The van der Waals surface area contributed by atoms with Gasteiger partial charge in [0.1, 0.15) is 16.5 Å². The van der Waals surface area contributed by atoms with Gasteiger partial charge in [-0.3, -0.25) is 0 Å². The molecule has 0 amide bonds. The molecule has 0 heterocycles. The van der Waals surface area contributed by atoms with Crippen molar-refractivity contribution in [3.63, 3.8) is 0 Å². The van der Waals surface area contributed by atoms with Crippen molar-refractivity contribution in [1.82, 2.24) is 0 Å². The topological polar surface area (TPSA) is 34.1 Å². The fraction of sp³-hybridized carbons (Fsp3) is 0. The second-order valence-corrected chi connectivity index (χ2v) is 2.85. The van der Waals surface area contributed by atoms with Crippen LogP contribution in [0.25, 0.3) is 0 Å². The molecule has 0 atom stereocenters. The first kappa shape index (κ1) is 8.13. The van der Waals surface area contributed by atoms with Crippen LogP contribution in [0.3, 0.4) is 0 Å². The molecule has 0 saturated heterocycles. The zero-order chi connectivity index (χ0) is 8.43. The third kappa shape index (κ3) is 1.74. The van der Waals surface area contributed by atoms with Crippen molar-refractivity contribution in [3.05, 3.63) is 29.8 Å². The summed E-state index contributed by atoms with van der Waals surface area (Å²) in [5.74, 6) is -1.69. The number of halogens is 2. The molecular formula is C6H4F2O2S. The third-order valence-corrected chi connectivity index (χ3v) is 1.84. The minimum absolute atomic E-state index is 0.611. The van der Waals surface area contributed by atoms with Gasteiger partial charge in [-0.2, -0.15) is 0 Å². The largest absolute Gasteiger partial charge is 0.227 e. The van der Waals surface area contributed by atoms with E-state index in [1.807, 2.05) is 0 Å². The molecule has 60 valence electrons. The van der Waals surface area contributed by atoms with E-state index in [1.54, 1.807) is 0 Å². The van der Waals surface area contributed by atoms with E-state index in [2.05, 4.69) is 0 Å². The van der Waals surface area contributed by atoms with E-state index in [1.165, 1.54) is 0 Å². The fourth-order valence-electron chi connectivity index (χ4n) is 0.626. The molecule has 0 aliphatic heterocycles. The molecule has 0 spiro atoms. The Bertz CT molecular complexity index is 338. The summed E-state index contributed by atoms with van der Waals surface area (Å²) in [7, 11) is -3.05. The van der Waals surface area contributed by atoms with Crippen LogP contribution in [0.15, 0.2) is 23.1 Å². The molecule has 0 aromatic heterocycles. The summed E-state index contributed by atoms with van der Waals surface area (Å²) in [6, 6.07) is 2.27. The molecular weight excluding hydrogens is 174 g/mol. The monoisotopic (exact) mass is 178 g/mol. The number of benzene rings is 1. The van der Waals surface area contributed by atoms with E-state index in [-0.39, 0.29) is 0 Å². The summed E-state index contributed by atoms with van der Waals surface area (Å²) in [6.45, 7) is 0. The molecule has 2 nitrogen and oxygen atoms in total. The van der Waals surface area contributed by atoms with Gasteiger partial charge in [-0.15, -0.1) is 0 Å². The number of hydrogen-bond donors (Lipinski definition) is 1. The molecule has 1 aromatic rings. The van der Waals surface area contributed by atoms with Gasteiger partial charge < -0.3 is 0 Å². The maximum atomic E-state index is 12.5. The van der Waals surface area contributed by atoms with Crippen molar-refractivity contribution in [2.75, 3.05) is 0 Å². The predicted octanol–water partition coefficient (Wildman–Crippen LogP) is 0.935. The Balaban J connectivity index is 3.35. The van der Waals surface area contributed by atoms with Gasteiger partial charge >= 0.3 is 0 Å². The van der Waals surface area contributed by atoms with E-state index < -0.39 is 27.2 Å². The highest BCUT2D eigenvalue weighted by Crippen LogP contribution is 2.09. The Morgan fingerprint density at radius 1 is 1.18 bits per heavy atom. The molecule has 5 heteroatoms. The number of hydrogen-bond acceptors (Lipinski definition) is 2. The SMILES string of the molecule is O=[SH](=O)c1cc(F)ccc1F. The Morgan fingerprint density at radius 3 is 2.27 bits per heavy atom. The van der Waals surface area contributed by atoms with Gasteiger partial charge in [-0.05, 0) is 18.2 Å². The Morgan fingerprint density at radius 2 is 1.82 bits per heavy atom. The molecule has 0 aliphatic rings. The molecule has 1 aromatic carbocycles. The maximum absolute atomic E-state index is 12.5. The highest BCUT2D eigenvalue weighted by Gasteiger charge is 2.04. The van der Waals surface area contributed by atoms with Crippen LogP contribution in [-0.4, -0.2) is 8.42 Å². The first-order valence-corrected chi connectivity index (χ1v) is 3.88. The third-order valence-electron chi connectivity index (χ3n) is 1.10. The zero-order valence-electron chi connectivity index (χ0n) is 5.25. The molecule has 0 bridgehead atoms. The van der Waals surface area contributed by atoms with E-state index in [9.17, 15) is 17.2 Å².